The molecule has 1 heterocycles. The summed E-state index contributed by atoms with van der Waals surface area (Å²) >= 11 is 1.90. The van der Waals surface area contributed by atoms with E-state index in [0.29, 0.717) is 0 Å². The van der Waals surface area contributed by atoms with Gasteiger partial charge >= 0.3 is 0 Å². The van der Waals surface area contributed by atoms with Crippen molar-refractivity contribution in [3.63, 3.8) is 0 Å². The SMILES string of the molecule is c1ccc(-c2ccc3cccc(-c4c5ccccc5c(-c5c6ccccc6cc6sc7ccccc7c56)c5ccccc45)c3c2)cc1. The third kappa shape index (κ3) is 4.00. The van der Waals surface area contributed by atoms with E-state index in [-0.39, 0.29) is 0 Å². The van der Waals surface area contributed by atoms with Gasteiger partial charge in [-0.3, -0.25) is 0 Å². The van der Waals surface area contributed by atoms with E-state index in [1.807, 2.05) is 11.3 Å². The molecule has 10 aromatic rings. The normalized spacial score (nSPS) is 11.8. The van der Waals surface area contributed by atoms with Crippen molar-refractivity contribution in [1.29, 1.82) is 0 Å². The van der Waals surface area contributed by atoms with Crippen LogP contribution in [0.4, 0.5) is 0 Å². The van der Waals surface area contributed by atoms with Gasteiger partial charge in [0.1, 0.15) is 0 Å². The molecule has 0 saturated heterocycles. The van der Waals surface area contributed by atoms with Crippen molar-refractivity contribution >= 4 is 74.6 Å². The van der Waals surface area contributed by atoms with Crippen LogP contribution in [0.15, 0.2) is 170 Å². The lowest BCUT2D eigenvalue weighted by molar-refractivity contribution is 1.64. The number of benzene rings is 9. The number of fused-ring (bicyclic) bond motifs is 7. The molecule has 0 atom stereocenters. The van der Waals surface area contributed by atoms with Crippen molar-refractivity contribution < 1.29 is 0 Å². The number of rotatable bonds is 3. The molecular weight excluding hydrogens is 585 g/mol. The molecule has 0 radical (unpaired) electrons. The van der Waals surface area contributed by atoms with Gasteiger partial charge in [0.25, 0.3) is 0 Å². The minimum absolute atomic E-state index is 1.23. The molecule has 9 aromatic carbocycles. The van der Waals surface area contributed by atoms with Gasteiger partial charge in [-0.05, 0) is 89.1 Å². The second-order valence-corrected chi connectivity index (χ2v) is 13.5. The van der Waals surface area contributed by atoms with E-state index in [9.17, 15) is 0 Å². The molecule has 0 aliphatic heterocycles. The maximum atomic E-state index is 2.39. The van der Waals surface area contributed by atoms with Gasteiger partial charge in [0, 0.05) is 25.7 Å². The fraction of sp³-hybridized carbons (Fsp3) is 0. The van der Waals surface area contributed by atoms with Crippen LogP contribution in [0.3, 0.4) is 0 Å². The molecule has 0 nitrogen and oxygen atoms in total. The second-order valence-electron chi connectivity index (χ2n) is 12.4. The van der Waals surface area contributed by atoms with E-state index >= 15 is 0 Å². The highest BCUT2D eigenvalue weighted by molar-refractivity contribution is 7.26. The molecule has 0 aliphatic rings. The summed E-state index contributed by atoms with van der Waals surface area (Å²) in [6, 6.07) is 62.7. The molecule has 218 valence electrons. The van der Waals surface area contributed by atoms with E-state index in [0.717, 1.165) is 0 Å². The number of hydrogen-bond donors (Lipinski definition) is 0. The van der Waals surface area contributed by atoms with Crippen LogP contribution in [0.1, 0.15) is 0 Å². The Balaban J connectivity index is 1.38. The van der Waals surface area contributed by atoms with Gasteiger partial charge in [-0.25, -0.2) is 0 Å². The Morgan fingerprint density at radius 1 is 0.298 bits per heavy atom. The fourth-order valence-corrected chi connectivity index (χ4v) is 8.96. The molecule has 0 spiro atoms. The van der Waals surface area contributed by atoms with Crippen LogP contribution >= 0.6 is 11.3 Å². The van der Waals surface area contributed by atoms with E-state index in [1.54, 1.807) is 0 Å². The van der Waals surface area contributed by atoms with Crippen molar-refractivity contribution in [2.45, 2.75) is 0 Å². The van der Waals surface area contributed by atoms with Gasteiger partial charge in [0.05, 0.1) is 0 Å². The maximum absolute atomic E-state index is 2.39. The molecule has 0 bridgehead atoms. The van der Waals surface area contributed by atoms with Crippen molar-refractivity contribution in [1.82, 2.24) is 0 Å². The molecule has 47 heavy (non-hydrogen) atoms. The molecule has 0 saturated carbocycles. The van der Waals surface area contributed by atoms with Gasteiger partial charge in [-0.2, -0.15) is 0 Å². The first-order valence-electron chi connectivity index (χ1n) is 16.2. The van der Waals surface area contributed by atoms with Gasteiger partial charge in [0.2, 0.25) is 0 Å². The molecule has 1 aromatic heterocycles. The first-order chi connectivity index (χ1) is 23.3. The first kappa shape index (κ1) is 26.5. The van der Waals surface area contributed by atoms with Gasteiger partial charge in [0.15, 0.2) is 0 Å². The molecule has 0 N–H and O–H groups in total. The Labute approximate surface area is 276 Å². The summed E-state index contributed by atoms with van der Waals surface area (Å²) in [7, 11) is 0. The Hall–Kier alpha value is -5.76. The monoisotopic (exact) mass is 612 g/mol. The average molecular weight is 613 g/mol. The van der Waals surface area contributed by atoms with Gasteiger partial charge in [-0.1, -0.05) is 152 Å². The summed E-state index contributed by atoms with van der Waals surface area (Å²) in [6.07, 6.45) is 0. The van der Waals surface area contributed by atoms with E-state index in [1.165, 1.54) is 96.6 Å². The summed E-state index contributed by atoms with van der Waals surface area (Å²) in [5.74, 6) is 0. The standard InChI is InChI=1S/C46H28S/c1-2-13-29(14-3-1)31-26-25-30-16-12-23-38(40(30)27-31)43-34-18-6-8-20-36(34)44(37-21-9-7-19-35(37)43)46-33-17-5-4-15-32(33)28-42-45(46)39-22-10-11-24-41(39)47-42/h1-28H. The fourth-order valence-electron chi connectivity index (χ4n) is 7.80. The first-order valence-corrected chi connectivity index (χ1v) is 17.0. The van der Waals surface area contributed by atoms with Gasteiger partial charge < -0.3 is 0 Å². The smallest absolute Gasteiger partial charge is 0.0368 e. The Kier molecular flexibility index (Phi) is 5.85. The Morgan fingerprint density at radius 2 is 0.894 bits per heavy atom. The third-order valence-electron chi connectivity index (χ3n) is 9.83. The van der Waals surface area contributed by atoms with Crippen LogP contribution in [0.25, 0.3) is 96.6 Å². The van der Waals surface area contributed by atoms with Crippen LogP contribution in [-0.4, -0.2) is 0 Å². The van der Waals surface area contributed by atoms with E-state index < -0.39 is 0 Å². The minimum atomic E-state index is 1.23. The molecule has 10 rings (SSSR count). The highest BCUT2D eigenvalue weighted by atomic mass is 32.1. The maximum Gasteiger partial charge on any atom is 0.0368 e. The van der Waals surface area contributed by atoms with Crippen LogP contribution in [-0.2, 0) is 0 Å². The molecule has 0 unspecified atom stereocenters. The zero-order valence-electron chi connectivity index (χ0n) is 25.6. The largest absolute Gasteiger partial charge is 0.135 e. The van der Waals surface area contributed by atoms with Gasteiger partial charge in [-0.15, -0.1) is 11.3 Å². The minimum Gasteiger partial charge on any atom is -0.135 e. The van der Waals surface area contributed by atoms with E-state index in [4.69, 9.17) is 0 Å². The number of hydrogen-bond acceptors (Lipinski definition) is 1. The highest BCUT2D eigenvalue weighted by Crippen LogP contribution is 2.51. The van der Waals surface area contributed by atoms with Crippen LogP contribution < -0.4 is 0 Å². The molecular formula is C46H28S. The average Bonchev–Trinajstić information content (AvgIpc) is 3.51. The van der Waals surface area contributed by atoms with Crippen molar-refractivity contribution in [2.75, 3.05) is 0 Å². The third-order valence-corrected chi connectivity index (χ3v) is 10.9. The van der Waals surface area contributed by atoms with Crippen LogP contribution in [0.2, 0.25) is 0 Å². The molecule has 0 fully saturated rings. The van der Waals surface area contributed by atoms with Crippen molar-refractivity contribution in [3.8, 4) is 33.4 Å². The predicted octanol–water partition coefficient (Wildman–Crippen LogP) is 13.7. The summed E-state index contributed by atoms with van der Waals surface area (Å²) < 4.78 is 2.66. The summed E-state index contributed by atoms with van der Waals surface area (Å²) in [5.41, 5.74) is 7.68. The second kappa shape index (κ2) is 10.4. The highest BCUT2D eigenvalue weighted by Gasteiger charge is 2.22. The Bertz CT molecular complexity index is 2780. The zero-order valence-corrected chi connectivity index (χ0v) is 26.4. The van der Waals surface area contributed by atoms with Crippen LogP contribution in [0, 0.1) is 0 Å². The van der Waals surface area contributed by atoms with Crippen molar-refractivity contribution in [2.24, 2.45) is 0 Å². The lowest BCUT2D eigenvalue weighted by Crippen LogP contribution is -1.93. The van der Waals surface area contributed by atoms with Crippen LogP contribution in [0.5, 0.6) is 0 Å². The predicted molar refractivity (Wildman–Crippen MR) is 206 cm³/mol. The topological polar surface area (TPSA) is 0 Å². The number of thiophene rings is 1. The molecule has 1 heteroatoms. The Morgan fingerprint density at radius 3 is 1.64 bits per heavy atom. The lowest BCUT2D eigenvalue weighted by Gasteiger charge is -2.20. The molecule has 0 aliphatic carbocycles. The van der Waals surface area contributed by atoms with E-state index in [2.05, 4.69) is 170 Å². The zero-order chi connectivity index (χ0) is 30.9. The lowest BCUT2D eigenvalue weighted by atomic mass is 9.82. The summed E-state index contributed by atoms with van der Waals surface area (Å²) in [5, 5.41) is 12.9. The molecule has 0 amide bonds. The summed E-state index contributed by atoms with van der Waals surface area (Å²) in [6.45, 7) is 0. The summed E-state index contributed by atoms with van der Waals surface area (Å²) in [4.78, 5) is 0. The van der Waals surface area contributed by atoms with Crippen molar-refractivity contribution in [3.05, 3.63) is 170 Å². The quantitative estimate of drug-likeness (QED) is 0.174.